The third-order valence-electron chi connectivity index (χ3n) is 4.51. The Labute approximate surface area is 173 Å². The zero-order valence-electron chi connectivity index (χ0n) is 17.5. The molecule has 1 aromatic carbocycles. The summed E-state index contributed by atoms with van der Waals surface area (Å²) in [7, 11) is 3.17. The summed E-state index contributed by atoms with van der Waals surface area (Å²) in [5.41, 5.74) is -0.00865. The van der Waals surface area contributed by atoms with Crippen LogP contribution in [0.25, 0.3) is 0 Å². The molecule has 2 aromatic heterocycles. The minimum Gasteiger partial charge on any atom is -0.505 e. The van der Waals surface area contributed by atoms with Gasteiger partial charge in [-0.1, -0.05) is 31.7 Å². The summed E-state index contributed by atoms with van der Waals surface area (Å²) < 4.78 is 10.3. The highest BCUT2D eigenvalue weighted by Crippen LogP contribution is 2.38. The van der Waals surface area contributed by atoms with E-state index in [0.29, 0.717) is 5.76 Å². The maximum absolute atomic E-state index is 12.3. The van der Waals surface area contributed by atoms with Crippen LogP contribution in [0.5, 0.6) is 5.75 Å². The van der Waals surface area contributed by atoms with Gasteiger partial charge in [-0.3, -0.25) is 10.1 Å². The summed E-state index contributed by atoms with van der Waals surface area (Å²) in [6.07, 6.45) is 1.55. The van der Waals surface area contributed by atoms with Gasteiger partial charge in [-0.05, 0) is 29.4 Å². The lowest BCUT2D eigenvalue weighted by molar-refractivity contribution is -0.791. The summed E-state index contributed by atoms with van der Waals surface area (Å²) in [5.74, 6) is 0.0712. The number of para-hydroxylation sites is 1. The number of carbonyl (C=O) groups excluding carboxylic acids is 1. The molecule has 0 spiro atoms. The number of aromatic nitrogens is 2. The Morgan fingerprint density at radius 2 is 2.00 bits per heavy atom. The van der Waals surface area contributed by atoms with E-state index in [9.17, 15) is 15.1 Å². The highest BCUT2D eigenvalue weighted by Gasteiger charge is 2.34. The number of hydrogen-bond donors (Lipinski definition) is 3. The van der Waals surface area contributed by atoms with E-state index >= 15 is 0 Å². The maximum atomic E-state index is 12.3. The van der Waals surface area contributed by atoms with E-state index in [1.165, 1.54) is 11.0 Å². The monoisotopic (exact) mass is 415 g/mol. The van der Waals surface area contributed by atoms with Crippen molar-refractivity contribution in [2.24, 2.45) is 5.41 Å². The van der Waals surface area contributed by atoms with Crippen LogP contribution in [0.3, 0.4) is 0 Å². The molecule has 10 heteroatoms. The minimum absolute atomic E-state index is 0.00932. The van der Waals surface area contributed by atoms with Crippen LogP contribution in [0.2, 0.25) is 0 Å². The van der Waals surface area contributed by atoms with E-state index < -0.39 is 0 Å². The number of hydrogen-bond acceptors (Lipinski definition) is 8. The highest BCUT2D eigenvalue weighted by molar-refractivity contribution is 5.98. The number of amides is 1. The second-order valence-corrected chi connectivity index (χ2v) is 8.11. The lowest BCUT2D eigenvalue weighted by atomic mass is 9.85. The van der Waals surface area contributed by atoms with E-state index in [1.54, 1.807) is 44.6 Å². The number of aromatic hydroxyl groups is 1. The van der Waals surface area contributed by atoms with E-state index in [0.717, 1.165) is 0 Å². The molecule has 0 aliphatic carbocycles. The number of nitrogens with one attached hydrogen (secondary N) is 2. The average Bonchev–Trinajstić information content (AvgIpc) is 3.30. The number of anilines is 3. The van der Waals surface area contributed by atoms with Crippen LogP contribution >= 0.6 is 0 Å². The zero-order valence-corrected chi connectivity index (χ0v) is 17.5. The lowest BCUT2D eigenvalue weighted by Crippen LogP contribution is -2.33. The summed E-state index contributed by atoms with van der Waals surface area (Å²) in [4.78, 5) is 13.8. The Bertz CT molecular complexity index is 1020. The Morgan fingerprint density at radius 1 is 1.27 bits per heavy atom. The highest BCUT2D eigenvalue weighted by atomic mass is 16.8. The van der Waals surface area contributed by atoms with Gasteiger partial charge in [-0.25, -0.2) is 0 Å². The Morgan fingerprint density at radius 3 is 2.60 bits per heavy atom. The molecule has 2 heterocycles. The average molecular weight is 415 g/mol. The van der Waals surface area contributed by atoms with Gasteiger partial charge in [0.25, 0.3) is 5.91 Å². The van der Waals surface area contributed by atoms with Gasteiger partial charge in [0.05, 0.1) is 17.5 Å². The fourth-order valence-corrected chi connectivity index (χ4v) is 2.94. The third kappa shape index (κ3) is 4.17. The first kappa shape index (κ1) is 21.0. The molecule has 30 heavy (non-hydrogen) atoms. The SMILES string of the molecule is CN(C)C(=O)c1cccc(Nc2no[n+]([O-])c2N[C@@H](c2ccco2)C(C)(C)C)c1O. The molecule has 10 nitrogen and oxygen atoms in total. The number of rotatable bonds is 6. The first-order chi connectivity index (χ1) is 14.1. The fourth-order valence-electron chi connectivity index (χ4n) is 2.94. The summed E-state index contributed by atoms with van der Waals surface area (Å²) >= 11 is 0. The fraction of sp³-hybridized carbons (Fsp3) is 0.350. The minimum atomic E-state index is -0.372. The van der Waals surface area contributed by atoms with Crippen molar-refractivity contribution in [2.45, 2.75) is 26.8 Å². The molecule has 0 saturated heterocycles. The topological polar surface area (TPSA) is 131 Å². The second kappa shape index (κ2) is 7.97. The van der Waals surface area contributed by atoms with Crippen molar-refractivity contribution >= 4 is 23.2 Å². The first-order valence-corrected chi connectivity index (χ1v) is 9.30. The predicted octanol–water partition coefficient (Wildman–Crippen LogP) is 3.25. The van der Waals surface area contributed by atoms with E-state index in [1.807, 2.05) is 20.8 Å². The molecule has 3 rings (SSSR count). The number of phenols is 1. The van der Waals surface area contributed by atoms with Gasteiger partial charge in [0.1, 0.15) is 11.8 Å². The van der Waals surface area contributed by atoms with Crippen LogP contribution < -0.4 is 15.5 Å². The third-order valence-corrected chi connectivity index (χ3v) is 4.51. The van der Waals surface area contributed by atoms with E-state index in [-0.39, 0.29) is 50.9 Å². The van der Waals surface area contributed by atoms with Crippen LogP contribution in [0.4, 0.5) is 17.3 Å². The maximum Gasteiger partial charge on any atom is 0.320 e. The van der Waals surface area contributed by atoms with Gasteiger partial charge in [0, 0.05) is 19.5 Å². The van der Waals surface area contributed by atoms with Crippen LogP contribution in [-0.2, 0) is 0 Å². The van der Waals surface area contributed by atoms with Gasteiger partial charge in [-0.2, -0.15) is 0 Å². The van der Waals surface area contributed by atoms with Crippen LogP contribution in [0.15, 0.2) is 45.6 Å². The molecule has 3 N–H and O–H groups in total. The molecule has 0 aliphatic heterocycles. The van der Waals surface area contributed by atoms with Crippen molar-refractivity contribution in [3.8, 4) is 5.75 Å². The molecular formula is C20H25N5O5. The molecular weight excluding hydrogens is 390 g/mol. The Kier molecular flexibility index (Phi) is 5.59. The summed E-state index contributed by atoms with van der Waals surface area (Å²) in [6, 6.07) is 7.87. The molecule has 1 atom stereocenters. The van der Waals surface area contributed by atoms with Gasteiger partial charge < -0.3 is 29.6 Å². The number of phenolic OH excluding ortho intramolecular Hbond substituents is 1. The van der Waals surface area contributed by atoms with Gasteiger partial charge in [0.15, 0.2) is 5.75 Å². The Balaban J connectivity index is 1.94. The molecule has 0 fully saturated rings. The normalized spacial score (nSPS) is 12.4. The summed E-state index contributed by atoms with van der Waals surface area (Å²) in [6.45, 7) is 5.97. The quantitative estimate of drug-likeness (QED) is 0.413. The number of carbonyl (C=O) groups is 1. The number of benzene rings is 1. The van der Waals surface area contributed by atoms with Gasteiger partial charge in [0.2, 0.25) is 0 Å². The number of nitrogens with zero attached hydrogens (tertiary/aromatic N) is 3. The first-order valence-electron chi connectivity index (χ1n) is 9.30. The van der Waals surface area contributed by atoms with Gasteiger partial charge >= 0.3 is 11.6 Å². The zero-order chi connectivity index (χ0) is 22.1. The number of furan rings is 1. The molecule has 0 unspecified atom stereocenters. The van der Waals surface area contributed by atoms with Crippen molar-refractivity contribution in [1.82, 2.24) is 10.1 Å². The lowest BCUT2D eigenvalue weighted by Gasteiger charge is -2.27. The van der Waals surface area contributed by atoms with Crippen molar-refractivity contribution in [2.75, 3.05) is 24.7 Å². The van der Waals surface area contributed by atoms with Gasteiger partial charge in [-0.15, -0.1) is 0 Å². The molecule has 3 aromatic rings. The van der Waals surface area contributed by atoms with Crippen molar-refractivity contribution < 1.29 is 23.9 Å². The van der Waals surface area contributed by atoms with Crippen molar-refractivity contribution in [3.63, 3.8) is 0 Å². The standard InChI is InChI=1S/C20H25N5O5/c1-20(2,3)16(14-10-7-11-29-14)22-18-17(23-30-25(18)28)21-13-9-6-8-12(15(13)26)19(27)24(4)5/h6-11,16,22,26H,1-5H3,(H,21,23)/t16-/m0/s1. The molecule has 0 saturated carbocycles. The second-order valence-electron chi connectivity index (χ2n) is 8.11. The Hall–Kier alpha value is -3.69. The van der Waals surface area contributed by atoms with Crippen molar-refractivity contribution in [1.29, 1.82) is 0 Å². The molecule has 0 radical (unpaired) electrons. The molecule has 1 amide bonds. The van der Waals surface area contributed by atoms with Crippen LogP contribution in [-0.4, -0.2) is 35.2 Å². The van der Waals surface area contributed by atoms with E-state index in [2.05, 4.69) is 15.8 Å². The molecule has 160 valence electrons. The molecule has 0 bridgehead atoms. The van der Waals surface area contributed by atoms with Crippen LogP contribution in [0, 0.1) is 10.6 Å². The summed E-state index contributed by atoms with van der Waals surface area (Å²) in [5, 5.41) is 32.5. The predicted molar refractivity (Wildman–Crippen MR) is 109 cm³/mol. The van der Waals surface area contributed by atoms with E-state index in [4.69, 9.17) is 9.05 Å². The smallest absolute Gasteiger partial charge is 0.320 e. The van der Waals surface area contributed by atoms with Crippen LogP contribution in [0.1, 0.15) is 42.9 Å². The molecule has 0 aliphatic rings. The van der Waals surface area contributed by atoms with Crippen molar-refractivity contribution in [3.05, 3.63) is 53.1 Å². The largest absolute Gasteiger partial charge is 0.505 e.